The van der Waals surface area contributed by atoms with E-state index in [1.807, 2.05) is 6.92 Å². The van der Waals surface area contributed by atoms with Gasteiger partial charge in [0.15, 0.2) is 12.3 Å². The number of nitrogen functional groups attached to an aromatic ring is 1. The molecule has 31 heavy (non-hydrogen) atoms. The van der Waals surface area contributed by atoms with Crippen molar-refractivity contribution in [3.05, 3.63) is 49.1 Å². The van der Waals surface area contributed by atoms with Crippen molar-refractivity contribution in [3.8, 4) is 5.75 Å². The Morgan fingerprint density at radius 2 is 2.00 bits per heavy atom. The number of H-pyrrole nitrogens is 1. The van der Waals surface area contributed by atoms with E-state index in [1.165, 1.54) is 15.5 Å². The molecule has 1 aromatic heterocycles. The number of nitrogens with zero attached hydrogens (tertiary/aromatic N) is 2. The molecule has 1 heterocycles. The molecule has 3 N–H and O–H groups in total. The van der Waals surface area contributed by atoms with E-state index in [4.69, 9.17) is 33.7 Å². The average Bonchev–Trinajstić information content (AvgIpc) is 3.25. The molecule has 3 rings (SSSR count). The first kappa shape index (κ1) is 23.2. The molecule has 1 amide bonds. The van der Waals surface area contributed by atoms with Crippen LogP contribution >= 0.6 is 23.2 Å². The van der Waals surface area contributed by atoms with Crippen molar-refractivity contribution in [2.24, 2.45) is 0 Å². The van der Waals surface area contributed by atoms with Crippen LogP contribution in [-0.2, 0) is 11.3 Å². The van der Waals surface area contributed by atoms with Gasteiger partial charge in [-0.3, -0.25) is 24.0 Å². The van der Waals surface area contributed by atoms with Crippen LogP contribution in [0, 0.1) is 0 Å². The molecule has 0 aliphatic heterocycles. The van der Waals surface area contributed by atoms with Gasteiger partial charge in [-0.05, 0) is 31.4 Å². The van der Waals surface area contributed by atoms with E-state index < -0.39 is 17.2 Å². The van der Waals surface area contributed by atoms with Gasteiger partial charge in [-0.25, -0.2) is 4.79 Å². The van der Waals surface area contributed by atoms with Crippen molar-refractivity contribution < 1.29 is 9.53 Å². The number of amides is 1. The fourth-order valence-electron chi connectivity index (χ4n) is 3.82. The summed E-state index contributed by atoms with van der Waals surface area (Å²) < 4.78 is 6.92. The summed E-state index contributed by atoms with van der Waals surface area (Å²) in [5.41, 5.74) is 4.98. The Kier molecular flexibility index (Phi) is 7.67. The molecular weight excluding hydrogens is 443 g/mol. The number of aromatic amines is 1. The summed E-state index contributed by atoms with van der Waals surface area (Å²) in [7, 11) is 0. The second-order valence-electron chi connectivity index (χ2n) is 7.56. The Morgan fingerprint density at radius 3 is 2.68 bits per heavy atom. The predicted molar refractivity (Wildman–Crippen MR) is 122 cm³/mol. The summed E-state index contributed by atoms with van der Waals surface area (Å²) in [6, 6.07) is 4.50. The van der Waals surface area contributed by atoms with E-state index >= 15 is 0 Å². The van der Waals surface area contributed by atoms with E-state index in [-0.39, 0.29) is 29.9 Å². The Morgan fingerprint density at radius 1 is 1.29 bits per heavy atom. The van der Waals surface area contributed by atoms with Crippen LogP contribution in [0.3, 0.4) is 0 Å². The van der Waals surface area contributed by atoms with Gasteiger partial charge in [0, 0.05) is 23.7 Å². The molecule has 0 bridgehead atoms. The Balaban J connectivity index is 1.96. The predicted octanol–water partition coefficient (Wildman–Crippen LogP) is 3.58. The summed E-state index contributed by atoms with van der Waals surface area (Å²) >= 11 is 12.1. The second-order valence-corrected chi connectivity index (χ2v) is 8.41. The van der Waals surface area contributed by atoms with Gasteiger partial charge in [-0.15, -0.1) is 0 Å². The summed E-state index contributed by atoms with van der Waals surface area (Å²) in [6.07, 6.45) is 4.89. The van der Waals surface area contributed by atoms with Gasteiger partial charge in [-0.2, -0.15) is 0 Å². The maximum absolute atomic E-state index is 13.2. The minimum absolute atomic E-state index is 0.00612. The number of hydrogen-bond acceptors (Lipinski definition) is 5. The Bertz CT molecular complexity index is 1060. The van der Waals surface area contributed by atoms with E-state index in [1.54, 1.807) is 12.1 Å². The van der Waals surface area contributed by atoms with Gasteiger partial charge in [0.25, 0.3) is 11.5 Å². The number of unbranched alkanes of at least 4 members (excludes halogenated alkanes) is 1. The van der Waals surface area contributed by atoms with E-state index in [2.05, 4.69) is 4.98 Å². The topological polar surface area (TPSA) is 110 Å². The molecule has 10 heteroatoms. The highest BCUT2D eigenvalue weighted by Gasteiger charge is 2.33. The molecule has 1 aromatic carbocycles. The Labute approximate surface area is 189 Å². The van der Waals surface area contributed by atoms with Crippen LogP contribution in [0.5, 0.6) is 5.75 Å². The highest BCUT2D eigenvalue weighted by Crippen LogP contribution is 2.31. The first-order valence-electron chi connectivity index (χ1n) is 10.4. The molecule has 168 valence electrons. The summed E-state index contributed by atoms with van der Waals surface area (Å²) in [6.45, 7) is 1.98. The van der Waals surface area contributed by atoms with Crippen molar-refractivity contribution in [2.75, 3.05) is 17.2 Å². The monoisotopic (exact) mass is 468 g/mol. The standard InChI is InChI=1S/C21H26Cl2N4O4/c1-2-3-10-26-19(24)18(20(29)25-21(26)30)27(14-6-4-5-7-14)17(28)12-31-16-11-13(22)8-9-15(16)23/h8-9,11,14H,2-7,10,12,24H2,1H3,(H,25,29,30). The van der Waals surface area contributed by atoms with Gasteiger partial charge in [0.05, 0.1) is 5.02 Å². The molecule has 1 aliphatic carbocycles. The van der Waals surface area contributed by atoms with Crippen molar-refractivity contribution >= 4 is 40.6 Å². The molecule has 8 nitrogen and oxygen atoms in total. The van der Waals surface area contributed by atoms with Gasteiger partial charge >= 0.3 is 5.69 Å². The average molecular weight is 469 g/mol. The van der Waals surface area contributed by atoms with Crippen LogP contribution in [0.25, 0.3) is 0 Å². The zero-order chi connectivity index (χ0) is 22.5. The van der Waals surface area contributed by atoms with Crippen LogP contribution in [0.15, 0.2) is 27.8 Å². The van der Waals surface area contributed by atoms with Crippen molar-refractivity contribution in [2.45, 2.75) is 58.0 Å². The first-order valence-corrected chi connectivity index (χ1v) is 11.1. The number of halogens is 2. The summed E-state index contributed by atoms with van der Waals surface area (Å²) in [5, 5.41) is 0.735. The number of nitrogens with one attached hydrogen (secondary N) is 1. The Hall–Kier alpha value is -2.45. The van der Waals surface area contributed by atoms with Gasteiger partial charge in [0.1, 0.15) is 11.6 Å². The highest BCUT2D eigenvalue weighted by molar-refractivity contribution is 6.34. The largest absolute Gasteiger partial charge is 0.482 e. The van der Waals surface area contributed by atoms with Crippen LogP contribution in [0.2, 0.25) is 10.0 Å². The highest BCUT2D eigenvalue weighted by atomic mass is 35.5. The number of anilines is 2. The quantitative estimate of drug-likeness (QED) is 0.614. The molecule has 1 aliphatic rings. The number of rotatable bonds is 8. The number of nitrogens with two attached hydrogens (primary N) is 1. The number of carbonyl (C=O) groups is 1. The second kappa shape index (κ2) is 10.2. The maximum atomic E-state index is 13.2. The van der Waals surface area contributed by atoms with E-state index in [0.717, 1.165) is 32.1 Å². The third-order valence-electron chi connectivity index (χ3n) is 5.39. The normalized spacial score (nSPS) is 14.0. The SMILES string of the molecule is CCCCn1c(N)c(N(C(=O)COc2cc(Cl)ccc2Cl)C2CCCC2)c(=O)[nH]c1=O. The van der Waals surface area contributed by atoms with Crippen molar-refractivity contribution in [1.82, 2.24) is 9.55 Å². The fraction of sp³-hybridized carbons (Fsp3) is 0.476. The number of benzene rings is 1. The molecule has 1 fully saturated rings. The lowest BCUT2D eigenvalue weighted by atomic mass is 10.2. The molecule has 0 spiro atoms. The fourth-order valence-corrected chi connectivity index (χ4v) is 4.15. The molecule has 0 saturated heterocycles. The number of carbonyl (C=O) groups excluding carboxylic acids is 1. The molecule has 0 unspecified atom stereocenters. The van der Waals surface area contributed by atoms with Crippen LogP contribution in [-0.4, -0.2) is 28.1 Å². The van der Waals surface area contributed by atoms with Crippen molar-refractivity contribution in [1.29, 1.82) is 0 Å². The number of ether oxygens (including phenoxy) is 1. The lowest BCUT2D eigenvalue weighted by Gasteiger charge is -2.30. The van der Waals surface area contributed by atoms with E-state index in [9.17, 15) is 14.4 Å². The lowest BCUT2D eigenvalue weighted by Crippen LogP contribution is -2.47. The molecular formula is C21H26Cl2N4O4. The number of aromatic nitrogens is 2. The maximum Gasteiger partial charge on any atom is 0.330 e. The summed E-state index contributed by atoms with van der Waals surface area (Å²) in [5.74, 6) is -0.187. The molecule has 2 aromatic rings. The van der Waals surface area contributed by atoms with Gasteiger partial charge in [-0.1, -0.05) is 49.4 Å². The molecule has 0 atom stereocenters. The third kappa shape index (κ3) is 5.25. The van der Waals surface area contributed by atoms with Crippen LogP contribution in [0.1, 0.15) is 45.4 Å². The minimum Gasteiger partial charge on any atom is -0.482 e. The van der Waals surface area contributed by atoms with E-state index in [0.29, 0.717) is 23.0 Å². The van der Waals surface area contributed by atoms with Crippen LogP contribution in [0.4, 0.5) is 11.5 Å². The smallest absolute Gasteiger partial charge is 0.330 e. The third-order valence-corrected chi connectivity index (χ3v) is 5.94. The van der Waals surface area contributed by atoms with Gasteiger partial charge < -0.3 is 10.5 Å². The summed E-state index contributed by atoms with van der Waals surface area (Å²) in [4.78, 5) is 42.0. The minimum atomic E-state index is -0.684. The lowest BCUT2D eigenvalue weighted by molar-refractivity contribution is -0.121. The molecule has 0 radical (unpaired) electrons. The first-order chi connectivity index (χ1) is 14.8. The zero-order valence-corrected chi connectivity index (χ0v) is 18.8. The number of hydrogen-bond donors (Lipinski definition) is 2. The van der Waals surface area contributed by atoms with Gasteiger partial charge in [0.2, 0.25) is 0 Å². The van der Waals surface area contributed by atoms with Crippen molar-refractivity contribution in [3.63, 3.8) is 0 Å². The van der Waals surface area contributed by atoms with Crippen LogP contribution < -0.4 is 26.6 Å². The zero-order valence-electron chi connectivity index (χ0n) is 17.3. The molecule has 1 saturated carbocycles.